The summed E-state index contributed by atoms with van der Waals surface area (Å²) in [6, 6.07) is 12.9. The average Bonchev–Trinajstić information content (AvgIpc) is 3.28. The molecule has 3 rings (SSSR count). The Labute approximate surface area is 188 Å². The zero-order chi connectivity index (χ0) is 21.9. The van der Waals surface area contributed by atoms with Crippen LogP contribution in [0, 0.1) is 23.3 Å². The number of aliphatic imine (C=N–C) groups is 1. The van der Waals surface area contributed by atoms with Crippen molar-refractivity contribution in [2.24, 2.45) is 4.99 Å². The zero-order valence-electron chi connectivity index (χ0n) is 17.5. The van der Waals surface area contributed by atoms with Crippen LogP contribution in [0.1, 0.15) is 37.7 Å². The number of hydrogen-bond donors (Lipinski definition) is 2. The maximum absolute atomic E-state index is 9.05. The van der Waals surface area contributed by atoms with Crippen molar-refractivity contribution in [3.63, 3.8) is 0 Å². The Bertz CT molecular complexity index is 997. The molecule has 0 heterocycles. The van der Waals surface area contributed by atoms with Gasteiger partial charge in [-0.05, 0) is 62.1 Å². The molecule has 2 aromatic rings. The van der Waals surface area contributed by atoms with E-state index in [9.17, 15) is 0 Å². The second-order valence-corrected chi connectivity index (χ2v) is 7.48. The third kappa shape index (κ3) is 7.13. The number of rotatable bonds is 6. The van der Waals surface area contributed by atoms with Gasteiger partial charge in [0, 0.05) is 28.8 Å². The molecule has 1 aliphatic carbocycles. The van der Waals surface area contributed by atoms with E-state index < -0.39 is 0 Å². The first-order chi connectivity index (χ1) is 15.2. The van der Waals surface area contributed by atoms with Gasteiger partial charge in [0.25, 0.3) is 0 Å². The predicted octanol–water partition coefficient (Wildman–Crippen LogP) is 4.95. The maximum Gasteiger partial charge on any atom is 0.209 e. The quantitative estimate of drug-likeness (QED) is 0.167. The molecule has 6 nitrogen and oxygen atoms in total. The van der Waals surface area contributed by atoms with Crippen molar-refractivity contribution in [3.8, 4) is 29.5 Å². The summed E-state index contributed by atoms with van der Waals surface area (Å²) >= 11 is 5.87. The van der Waals surface area contributed by atoms with E-state index in [2.05, 4.69) is 27.5 Å². The second-order valence-electron chi connectivity index (χ2n) is 7.04. The number of benzene rings is 2. The Hall–Kier alpha value is -3.35. The molecular weight excluding hydrogens is 412 g/mol. The molecule has 7 heteroatoms. The Morgan fingerprint density at radius 3 is 2.65 bits per heavy atom. The van der Waals surface area contributed by atoms with Crippen LogP contribution in [-0.4, -0.2) is 25.7 Å². The van der Waals surface area contributed by atoms with E-state index in [0.717, 1.165) is 24.1 Å². The van der Waals surface area contributed by atoms with Crippen LogP contribution in [0.3, 0.4) is 0 Å². The number of nitrogens with zero attached hydrogens (tertiary/aromatic N) is 2. The average molecular weight is 437 g/mol. The second kappa shape index (κ2) is 11.7. The third-order valence-corrected chi connectivity index (χ3v) is 5.03. The summed E-state index contributed by atoms with van der Waals surface area (Å²) < 4.78 is 11.5. The van der Waals surface area contributed by atoms with E-state index in [0.29, 0.717) is 35.4 Å². The number of anilines is 1. The third-order valence-electron chi connectivity index (χ3n) is 4.78. The number of methoxy groups -OCH3 is 1. The van der Waals surface area contributed by atoms with Gasteiger partial charge in [-0.1, -0.05) is 23.4 Å². The molecule has 1 aliphatic rings. The van der Waals surface area contributed by atoms with Crippen molar-refractivity contribution < 1.29 is 9.47 Å². The van der Waals surface area contributed by atoms with Gasteiger partial charge in [-0.2, -0.15) is 5.26 Å². The summed E-state index contributed by atoms with van der Waals surface area (Å²) in [5.41, 5.74) is 1.65. The summed E-state index contributed by atoms with van der Waals surface area (Å²) in [6.07, 6.45) is 7.17. The zero-order valence-corrected chi connectivity index (χ0v) is 18.2. The molecule has 0 radical (unpaired) electrons. The van der Waals surface area contributed by atoms with Gasteiger partial charge in [-0.3, -0.25) is 10.3 Å². The summed E-state index contributed by atoms with van der Waals surface area (Å²) in [6.45, 7) is 0.444. The number of nitrogens with one attached hydrogen (secondary N) is 2. The van der Waals surface area contributed by atoms with Crippen LogP contribution in [0.15, 0.2) is 47.5 Å². The Morgan fingerprint density at radius 1 is 1.16 bits per heavy atom. The van der Waals surface area contributed by atoms with E-state index in [-0.39, 0.29) is 6.10 Å². The molecule has 2 N–H and O–H groups in total. The lowest BCUT2D eigenvalue weighted by Crippen LogP contribution is -2.27. The van der Waals surface area contributed by atoms with E-state index in [1.54, 1.807) is 7.11 Å². The monoisotopic (exact) mass is 436 g/mol. The first-order valence-electron chi connectivity index (χ1n) is 10.2. The number of halogens is 1. The van der Waals surface area contributed by atoms with Gasteiger partial charge >= 0.3 is 0 Å². The van der Waals surface area contributed by atoms with Gasteiger partial charge in [0.05, 0.1) is 19.8 Å². The fourth-order valence-electron chi connectivity index (χ4n) is 3.25. The standard InChI is InChI=1S/C24H25ClN4O2/c1-30-22-14-13-20(16-23(22)31-21-7-2-3-8-21)29-24(28-17-26)27-15-5-4-6-18-9-11-19(25)12-10-18/h9-14,16,21H,2-3,5,7-8,15H2,1H3,(H2,27,28,29). The number of hydrogen-bond acceptors (Lipinski definition) is 4. The minimum atomic E-state index is 0.216. The van der Waals surface area contributed by atoms with Crippen molar-refractivity contribution in [1.29, 1.82) is 5.26 Å². The highest BCUT2D eigenvalue weighted by atomic mass is 35.5. The number of nitriles is 1. The van der Waals surface area contributed by atoms with Crippen molar-refractivity contribution in [2.75, 3.05) is 19.0 Å². The summed E-state index contributed by atoms with van der Waals surface area (Å²) in [7, 11) is 1.62. The van der Waals surface area contributed by atoms with Crippen LogP contribution in [0.25, 0.3) is 0 Å². The fourth-order valence-corrected chi connectivity index (χ4v) is 3.38. The van der Waals surface area contributed by atoms with Crippen LogP contribution in [0.5, 0.6) is 11.5 Å². The highest BCUT2D eigenvalue weighted by Crippen LogP contribution is 2.33. The maximum atomic E-state index is 9.05. The summed E-state index contributed by atoms with van der Waals surface area (Å²) in [5.74, 6) is 7.86. The molecule has 0 aromatic heterocycles. The van der Waals surface area contributed by atoms with Crippen molar-refractivity contribution in [2.45, 2.75) is 38.2 Å². The summed E-state index contributed by atoms with van der Waals surface area (Å²) in [5, 5.41) is 15.4. The molecule has 0 amide bonds. The van der Waals surface area contributed by atoms with Gasteiger partial charge in [0.15, 0.2) is 17.7 Å². The highest BCUT2D eigenvalue weighted by Gasteiger charge is 2.18. The van der Waals surface area contributed by atoms with Gasteiger partial charge < -0.3 is 14.8 Å². The number of guanidine groups is 1. The van der Waals surface area contributed by atoms with Gasteiger partial charge in [-0.25, -0.2) is 0 Å². The van der Waals surface area contributed by atoms with Crippen LogP contribution in [0.4, 0.5) is 5.69 Å². The van der Waals surface area contributed by atoms with Crippen LogP contribution >= 0.6 is 11.6 Å². The molecule has 0 spiro atoms. The molecule has 1 fully saturated rings. The lowest BCUT2D eigenvalue weighted by molar-refractivity contribution is 0.201. The molecule has 0 saturated heterocycles. The van der Waals surface area contributed by atoms with Gasteiger partial charge in [-0.15, -0.1) is 0 Å². The van der Waals surface area contributed by atoms with Crippen LogP contribution in [-0.2, 0) is 0 Å². The van der Waals surface area contributed by atoms with Crippen molar-refractivity contribution in [1.82, 2.24) is 5.32 Å². The molecule has 31 heavy (non-hydrogen) atoms. The lowest BCUT2D eigenvalue weighted by atomic mass is 10.2. The molecule has 160 valence electrons. The van der Waals surface area contributed by atoms with Crippen LogP contribution in [0.2, 0.25) is 5.02 Å². The molecule has 0 aliphatic heterocycles. The van der Waals surface area contributed by atoms with Crippen molar-refractivity contribution >= 4 is 23.2 Å². The molecule has 1 saturated carbocycles. The molecule has 2 aromatic carbocycles. The lowest BCUT2D eigenvalue weighted by Gasteiger charge is -2.17. The highest BCUT2D eigenvalue weighted by molar-refractivity contribution is 6.30. The molecule has 0 atom stereocenters. The predicted molar refractivity (Wildman–Crippen MR) is 123 cm³/mol. The Balaban J connectivity index is 1.62. The molecule has 0 unspecified atom stereocenters. The fraction of sp³-hybridized carbons (Fsp3) is 0.333. The topological polar surface area (TPSA) is 78.7 Å². The molecular formula is C24H25ClN4O2. The van der Waals surface area contributed by atoms with Gasteiger partial charge in [0.1, 0.15) is 0 Å². The summed E-state index contributed by atoms with van der Waals surface area (Å²) in [4.78, 5) is 4.41. The van der Waals surface area contributed by atoms with E-state index >= 15 is 0 Å². The normalized spacial score (nSPS) is 13.6. The molecule has 0 bridgehead atoms. The minimum absolute atomic E-state index is 0.216. The largest absolute Gasteiger partial charge is 0.493 e. The first-order valence-corrected chi connectivity index (χ1v) is 10.6. The SMILES string of the molecule is COc1ccc(NC(=NCCC#Cc2ccc(Cl)cc2)NC#N)cc1OC1CCCC1. The first kappa shape index (κ1) is 22.3. The van der Waals surface area contributed by atoms with Crippen LogP contribution < -0.4 is 20.1 Å². The van der Waals surface area contributed by atoms with E-state index in [1.165, 1.54) is 12.8 Å². The Kier molecular flexibility index (Phi) is 8.46. The van der Waals surface area contributed by atoms with E-state index in [4.69, 9.17) is 26.3 Å². The minimum Gasteiger partial charge on any atom is -0.493 e. The Morgan fingerprint density at radius 2 is 1.94 bits per heavy atom. The van der Waals surface area contributed by atoms with E-state index in [1.807, 2.05) is 48.7 Å². The van der Waals surface area contributed by atoms with Gasteiger partial charge in [0.2, 0.25) is 5.96 Å². The number of ether oxygens (including phenoxy) is 2. The van der Waals surface area contributed by atoms with Crippen molar-refractivity contribution in [3.05, 3.63) is 53.1 Å². The smallest absolute Gasteiger partial charge is 0.209 e.